The van der Waals surface area contributed by atoms with Crippen molar-refractivity contribution in [3.63, 3.8) is 0 Å². The van der Waals surface area contributed by atoms with E-state index in [4.69, 9.17) is 0 Å². The zero-order chi connectivity index (χ0) is 11.9. The molecule has 3 atom stereocenters. The maximum absolute atomic E-state index is 3.54. The second-order valence-corrected chi connectivity index (χ2v) is 6.62. The molecule has 1 N–H and O–H groups in total. The van der Waals surface area contributed by atoms with Crippen LogP contribution in [0.3, 0.4) is 0 Å². The van der Waals surface area contributed by atoms with Gasteiger partial charge in [-0.05, 0) is 73.1 Å². The molecule has 1 aromatic rings. The summed E-state index contributed by atoms with van der Waals surface area (Å²) in [4.78, 5) is 0. The van der Waals surface area contributed by atoms with Crippen molar-refractivity contribution in [2.45, 2.75) is 45.1 Å². The lowest BCUT2D eigenvalue weighted by Crippen LogP contribution is -2.25. The van der Waals surface area contributed by atoms with E-state index >= 15 is 0 Å². The van der Waals surface area contributed by atoms with Gasteiger partial charge in [0, 0.05) is 6.54 Å². The van der Waals surface area contributed by atoms with E-state index in [2.05, 4.69) is 23.5 Å². The average Bonchev–Trinajstić information content (AvgIpc) is 3.01. The molecule has 1 heteroatoms. The van der Waals surface area contributed by atoms with Gasteiger partial charge in [-0.15, -0.1) is 0 Å². The summed E-state index contributed by atoms with van der Waals surface area (Å²) in [5.74, 6) is 3.14. The molecule has 2 bridgehead atoms. The molecule has 1 nitrogen and oxygen atoms in total. The lowest BCUT2D eigenvalue weighted by Gasteiger charge is -2.25. The van der Waals surface area contributed by atoms with E-state index in [1.807, 2.05) is 0 Å². The molecule has 2 aliphatic carbocycles. The van der Waals surface area contributed by atoms with Gasteiger partial charge < -0.3 is 5.32 Å². The van der Waals surface area contributed by atoms with Crippen molar-refractivity contribution in [3.8, 4) is 0 Å². The van der Waals surface area contributed by atoms with Crippen LogP contribution in [-0.4, -0.2) is 6.54 Å². The van der Waals surface area contributed by atoms with Crippen LogP contribution < -0.4 is 5.32 Å². The first-order chi connectivity index (χ1) is 8.90. The number of hydrogen-bond donors (Lipinski definition) is 1. The molecule has 0 spiro atoms. The Morgan fingerprint density at radius 2 is 2.17 bits per heavy atom. The first-order valence-electron chi connectivity index (χ1n) is 7.70. The second kappa shape index (κ2) is 4.38. The quantitative estimate of drug-likeness (QED) is 0.837. The van der Waals surface area contributed by atoms with Crippen molar-refractivity contribution in [1.29, 1.82) is 0 Å². The molecule has 4 rings (SSSR count). The molecule has 0 aromatic heterocycles. The van der Waals surface area contributed by atoms with Crippen molar-refractivity contribution in [1.82, 2.24) is 5.32 Å². The zero-order valence-electron chi connectivity index (χ0n) is 11.1. The summed E-state index contributed by atoms with van der Waals surface area (Å²) in [6, 6.07) is 7.00. The van der Waals surface area contributed by atoms with Crippen molar-refractivity contribution in [2.24, 2.45) is 17.8 Å². The van der Waals surface area contributed by atoms with Gasteiger partial charge in [0.05, 0.1) is 0 Å². The van der Waals surface area contributed by atoms with Gasteiger partial charge in [0.25, 0.3) is 0 Å². The maximum atomic E-state index is 3.54. The first kappa shape index (κ1) is 11.0. The molecule has 96 valence electrons. The first-order valence-corrected chi connectivity index (χ1v) is 7.70. The van der Waals surface area contributed by atoms with E-state index in [-0.39, 0.29) is 0 Å². The molecule has 1 aliphatic heterocycles. The molecule has 2 saturated carbocycles. The fraction of sp³-hybridized carbons (Fsp3) is 0.647. The highest BCUT2D eigenvalue weighted by atomic mass is 14.9. The van der Waals surface area contributed by atoms with Gasteiger partial charge in [0.2, 0.25) is 0 Å². The van der Waals surface area contributed by atoms with Gasteiger partial charge in [-0.25, -0.2) is 0 Å². The lowest BCUT2D eigenvalue weighted by molar-refractivity contribution is 0.330. The average molecular weight is 241 g/mol. The third kappa shape index (κ3) is 1.80. The highest BCUT2D eigenvalue weighted by Crippen LogP contribution is 2.49. The Bertz CT molecular complexity index is 451. The molecule has 0 radical (unpaired) electrons. The molecule has 3 aliphatic rings. The van der Waals surface area contributed by atoms with Gasteiger partial charge in [-0.2, -0.15) is 0 Å². The zero-order valence-corrected chi connectivity index (χ0v) is 11.1. The Labute approximate surface area is 110 Å². The lowest BCUT2D eigenvalue weighted by atomic mass is 9.82. The van der Waals surface area contributed by atoms with Crippen molar-refractivity contribution >= 4 is 0 Å². The topological polar surface area (TPSA) is 12.0 Å². The summed E-state index contributed by atoms with van der Waals surface area (Å²) in [5.41, 5.74) is 4.89. The highest BCUT2D eigenvalue weighted by molar-refractivity contribution is 5.37. The van der Waals surface area contributed by atoms with Crippen LogP contribution in [0.25, 0.3) is 0 Å². The fourth-order valence-electron chi connectivity index (χ4n) is 4.69. The largest absolute Gasteiger partial charge is 0.312 e. The summed E-state index contributed by atoms with van der Waals surface area (Å²) in [6.07, 6.45) is 8.67. The van der Waals surface area contributed by atoms with E-state index in [1.165, 1.54) is 38.5 Å². The van der Waals surface area contributed by atoms with E-state index in [0.29, 0.717) is 0 Å². The van der Waals surface area contributed by atoms with E-state index in [1.54, 1.807) is 16.7 Å². The van der Waals surface area contributed by atoms with Crippen LogP contribution in [0.4, 0.5) is 0 Å². The van der Waals surface area contributed by atoms with Gasteiger partial charge in [-0.3, -0.25) is 0 Å². The normalized spacial score (nSPS) is 33.7. The summed E-state index contributed by atoms with van der Waals surface area (Å²) in [7, 11) is 0. The minimum Gasteiger partial charge on any atom is -0.312 e. The third-order valence-corrected chi connectivity index (χ3v) is 5.61. The Hall–Kier alpha value is -0.820. The highest BCUT2D eigenvalue weighted by Gasteiger charge is 2.39. The predicted octanol–water partition coefficient (Wildman–Crippen LogP) is 3.31. The minimum absolute atomic E-state index is 0.997. The second-order valence-electron chi connectivity index (χ2n) is 6.62. The molecular weight excluding hydrogens is 218 g/mol. The molecule has 0 amide bonds. The molecular formula is C17H23N. The molecule has 0 saturated heterocycles. The Morgan fingerprint density at radius 3 is 3.00 bits per heavy atom. The van der Waals surface area contributed by atoms with Gasteiger partial charge in [0.15, 0.2) is 0 Å². The summed E-state index contributed by atoms with van der Waals surface area (Å²) in [5, 5.41) is 3.54. The molecule has 1 aromatic carbocycles. The van der Waals surface area contributed by atoms with Crippen molar-refractivity contribution in [3.05, 3.63) is 34.9 Å². The van der Waals surface area contributed by atoms with Crippen LogP contribution >= 0.6 is 0 Å². The maximum Gasteiger partial charge on any atom is 0.0211 e. The minimum atomic E-state index is 0.997. The van der Waals surface area contributed by atoms with Crippen LogP contribution in [0.15, 0.2) is 18.2 Å². The molecule has 1 heterocycles. The smallest absolute Gasteiger partial charge is 0.0211 e. The standard InChI is InChI=1S/C17H23N/c1-2-13-6-7-18-11-17(13)15(3-1)10-16-9-12-4-5-14(16)8-12/h1-3,12,14,16,18H,4-11H2. The number of rotatable bonds is 2. The van der Waals surface area contributed by atoms with Gasteiger partial charge >= 0.3 is 0 Å². The third-order valence-electron chi connectivity index (χ3n) is 5.61. The number of fused-ring (bicyclic) bond motifs is 3. The summed E-state index contributed by atoms with van der Waals surface area (Å²) in [6.45, 7) is 2.26. The summed E-state index contributed by atoms with van der Waals surface area (Å²) < 4.78 is 0. The van der Waals surface area contributed by atoms with E-state index < -0.39 is 0 Å². The van der Waals surface area contributed by atoms with Crippen molar-refractivity contribution < 1.29 is 0 Å². The molecule has 18 heavy (non-hydrogen) atoms. The Morgan fingerprint density at radius 1 is 1.17 bits per heavy atom. The van der Waals surface area contributed by atoms with E-state index in [9.17, 15) is 0 Å². The van der Waals surface area contributed by atoms with Crippen LogP contribution in [0.5, 0.6) is 0 Å². The number of hydrogen-bond acceptors (Lipinski definition) is 1. The van der Waals surface area contributed by atoms with Crippen LogP contribution in [0.1, 0.15) is 42.4 Å². The number of benzene rings is 1. The van der Waals surface area contributed by atoms with Crippen LogP contribution in [0, 0.1) is 17.8 Å². The summed E-state index contributed by atoms with van der Waals surface area (Å²) >= 11 is 0. The van der Waals surface area contributed by atoms with Crippen LogP contribution in [-0.2, 0) is 19.4 Å². The monoisotopic (exact) mass is 241 g/mol. The van der Waals surface area contributed by atoms with Gasteiger partial charge in [0.1, 0.15) is 0 Å². The van der Waals surface area contributed by atoms with Crippen LogP contribution in [0.2, 0.25) is 0 Å². The SMILES string of the molecule is c1cc2c(c(CC3CC4CCC3C4)c1)CNCC2. The predicted molar refractivity (Wildman–Crippen MR) is 74.5 cm³/mol. The van der Waals surface area contributed by atoms with Gasteiger partial charge in [-0.1, -0.05) is 24.6 Å². The Kier molecular flexibility index (Phi) is 2.69. The van der Waals surface area contributed by atoms with E-state index in [0.717, 1.165) is 30.8 Å². The molecule has 3 unspecified atom stereocenters. The van der Waals surface area contributed by atoms with Crippen molar-refractivity contribution in [2.75, 3.05) is 6.54 Å². The Balaban J connectivity index is 1.58. The fourth-order valence-corrected chi connectivity index (χ4v) is 4.69. The number of nitrogens with one attached hydrogen (secondary N) is 1. The molecule has 2 fully saturated rings.